The quantitative estimate of drug-likeness (QED) is 0.607. The number of rotatable bonds is 0. The lowest BCUT2D eigenvalue weighted by Crippen LogP contribution is -2.70. The van der Waals surface area contributed by atoms with Crippen LogP contribution in [0.2, 0.25) is 5.31 Å². The zero-order valence-corrected chi connectivity index (χ0v) is 13.0. The van der Waals surface area contributed by atoms with Crippen molar-refractivity contribution in [1.29, 1.82) is 0 Å². The van der Waals surface area contributed by atoms with Crippen molar-refractivity contribution in [2.75, 3.05) is 0 Å². The minimum atomic E-state index is -0.108. The number of hydrogen-bond donors (Lipinski definition) is 0. The third-order valence-corrected chi connectivity index (χ3v) is 6.25. The van der Waals surface area contributed by atoms with Gasteiger partial charge in [0.2, 0.25) is 0 Å². The summed E-state index contributed by atoms with van der Waals surface area (Å²) < 4.78 is 12.9. The Bertz CT molecular complexity index is 386. The summed E-state index contributed by atoms with van der Waals surface area (Å²) >= 11 is 0. The molecule has 0 spiro atoms. The molecule has 3 heteroatoms. The maximum absolute atomic E-state index is 6.48. The minimum Gasteiger partial charge on any atom is -0.403 e. The predicted octanol–water partition coefficient (Wildman–Crippen LogP) is 3.90. The largest absolute Gasteiger partial charge is 0.463 e. The Balaban J connectivity index is 1.96. The van der Waals surface area contributed by atoms with Crippen LogP contribution in [-0.4, -0.2) is 18.3 Å². The van der Waals surface area contributed by atoms with Crippen LogP contribution in [0.15, 0.2) is 0 Å². The van der Waals surface area contributed by atoms with Crippen LogP contribution in [0.4, 0.5) is 0 Å². The Morgan fingerprint density at radius 1 is 1.06 bits per heavy atom. The second-order valence-electron chi connectivity index (χ2n) is 8.78. The molecule has 0 N–H and O–H groups in total. The maximum atomic E-state index is 6.48. The fourth-order valence-electron chi connectivity index (χ4n) is 4.55. The highest BCUT2D eigenvalue weighted by molar-refractivity contribution is 6.49. The van der Waals surface area contributed by atoms with E-state index in [1.165, 1.54) is 6.42 Å². The Kier molecular flexibility index (Phi) is 2.29. The van der Waals surface area contributed by atoms with Gasteiger partial charge in [-0.15, -0.1) is 0 Å². The van der Waals surface area contributed by atoms with Gasteiger partial charge in [0.25, 0.3) is 0 Å². The van der Waals surface area contributed by atoms with E-state index in [1.807, 2.05) is 0 Å². The molecule has 3 aliphatic carbocycles. The lowest BCUT2D eigenvalue weighted by Gasteiger charge is -2.67. The van der Waals surface area contributed by atoms with Crippen molar-refractivity contribution in [3.05, 3.63) is 0 Å². The van der Waals surface area contributed by atoms with Crippen molar-refractivity contribution < 1.29 is 9.31 Å². The van der Waals surface area contributed by atoms with E-state index in [9.17, 15) is 0 Å². The molecule has 2 nitrogen and oxygen atoms in total. The highest BCUT2D eigenvalue weighted by Gasteiger charge is 2.73. The van der Waals surface area contributed by atoms with E-state index in [4.69, 9.17) is 9.31 Å². The molecule has 1 saturated heterocycles. The second kappa shape index (κ2) is 3.17. The Hall–Kier alpha value is -0.0151. The molecular weight excluding hydrogens is 223 g/mol. The van der Waals surface area contributed by atoms with Crippen molar-refractivity contribution in [2.45, 2.75) is 77.8 Å². The molecule has 4 atom stereocenters. The van der Waals surface area contributed by atoms with Gasteiger partial charge in [-0.2, -0.15) is 0 Å². The molecule has 102 valence electrons. The van der Waals surface area contributed by atoms with Gasteiger partial charge < -0.3 is 9.31 Å². The van der Waals surface area contributed by atoms with Crippen LogP contribution >= 0.6 is 0 Å². The fourth-order valence-corrected chi connectivity index (χ4v) is 4.55. The Labute approximate surface area is 112 Å². The van der Waals surface area contributed by atoms with E-state index in [0.29, 0.717) is 11.3 Å². The van der Waals surface area contributed by atoms with Gasteiger partial charge in [0.15, 0.2) is 0 Å². The van der Waals surface area contributed by atoms with Gasteiger partial charge >= 0.3 is 7.12 Å². The van der Waals surface area contributed by atoms with Gasteiger partial charge in [-0.05, 0) is 49.3 Å². The minimum absolute atomic E-state index is 0.0535. The zero-order chi connectivity index (χ0) is 13.6. The summed E-state index contributed by atoms with van der Waals surface area (Å²) in [6, 6.07) is 0. The average Bonchev–Trinajstić information content (AvgIpc) is 2.48. The summed E-state index contributed by atoms with van der Waals surface area (Å²) in [4.78, 5) is 0. The summed E-state index contributed by atoms with van der Waals surface area (Å²) in [7, 11) is -0.0670. The third kappa shape index (κ3) is 1.33. The van der Waals surface area contributed by atoms with E-state index in [2.05, 4.69) is 48.5 Å². The molecule has 0 radical (unpaired) electrons. The molecule has 0 aromatic heterocycles. The van der Waals surface area contributed by atoms with Gasteiger partial charge in [-0.25, -0.2) is 0 Å². The van der Waals surface area contributed by atoms with Crippen LogP contribution in [0.3, 0.4) is 0 Å². The van der Waals surface area contributed by atoms with E-state index < -0.39 is 0 Å². The SMILES string of the molecule is CC(C)(C)B1O[C@@]2(C)C[C@H]3C[C@H](C3(C)C)[C@@]2(C)O1. The molecule has 0 amide bonds. The normalized spacial score (nSPS) is 49.8. The van der Waals surface area contributed by atoms with Gasteiger partial charge in [0.05, 0.1) is 11.2 Å². The molecule has 0 unspecified atom stereocenters. The molecule has 4 aliphatic rings. The second-order valence-corrected chi connectivity index (χ2v) is 8.78. The molecule has 1 heterocycles. The smallest absolute Gasteiger partial charge is 0.403 e. The summed E-state index contributed by atoms with van der Waals surface area (Å²) in [5.74, 6) is 1.45. The zero-order valence-electron chi connectivity index (χ0n) is 13.0. The van der Waals surface area contributed by atoms with E-state index >= 15 is 0 Å². The van der Waals surface area contributed by atoms with Crippen LogP contribution in [0, 0.1) is 17.3 Å². The van der Waals surface area contributed by atoms with Crippen molar-refractivity contribution >= 4 is 7.12 Å². The van der Waals surface area contributed by atoms with E-state index in [-0.39, 0.29) is 23.6 Å². The molecular formula is C15H27BO2. The van der Waals surface area contributed by atoms with Crippen LogP contribution in [0.1, 0.15) is 61.3 Å². The predicted molar refractivity (Wildman–Crippen MR) is 74.4 cm³/mol. The maximum Gasteiger partial charge on any atom is 0.463 e. The summed E-state index contributed by atoms with van der Waals surface area (Å²) in [5.41, 5.74) is 0.224. The molecule has 4 rings (SSSR count). The highest BCUT2D eigenvalue weighted by atomic mass is 16.7. The molecule has 2 bridgehead atoms. The molecule has 1 aliphatic heterocycles. The molecule has 4 fully saturated rings. The first-order chi connectivity index (χ1) is 8.01. The third-order valence-electron chi connectivity index (χ3n) is 6.25. The van der Waals surface area contributed by atoms with Gasteiger partial charge in [0, 0.05) is 0 Å². The van der Waals surface area contributed by atoms with E-state index in [0.717, 1.165) is 12.3 Å². The first kappa shape index (κ1) is 13.0. The highest BCUT2D eigenvalue weighted by Crippen LogP contribution is 2.69. The molecule has 0 aromatic carbocycles. The first-order valence-electron chi connectivity index (χ1n) is 7.36. The van der Waals surface area contributed by atoms with Crippen LogP contribution < -0.4 is 0 Å². The lowest BCUT2D eigenvalue weighted by molar-refractivity contribution is -0.235. The van der Waals surface area contributed by atoms with Crippen LogP contribution in [0.25, 0.3) is 0 Å². The standard InChI is InChI=1S/C15H27BO2/c1-12(2,3)16-17-14(6)9-10-8-11(13(10,4)5)15(14,7)18-16/h10-11H,8-9H2,1-7H3/t10-,11-,14+,15-/m1/s1. The topological polar surface area (TPSA) is 18.5 Å². The molecule has 3 saturated carbocycles. The van der Waals surface area contributed by atoms with Crippen molar-refractivity contribution in [3.8, 4) is 0 Å². The van der Waals surface area contributed by atoms with E-state index in [1.54, 1.807) is 0 Å². The van der Waals surface area contributed by atoms with Crippen molar-refractivity contribution in [1.82, 2.24) is 0 Å². The first-order valence-corrected chi connectivity index (χ1v) is 7.36. The fraction of sp³-hybridized carbons (Fsp3) is 1.00. The summed E-state index contributed by atoms with van der Waals surface area (Å²) in [6.07, 6.45) is 2.47. The monoisotopic (exact) mass is 250 g/mol. The molecule has 0 aromatic rings. The lowest BCUT2D eigenvalue weighted by atomic mass is 9.41. The summed E-state index contributed by atoms with van der Waals surface area (Å²) in [6.45, 7) is 16.0. The average molecular weight is 250 g/mol. The van der Waals surface area contributed by atoms with Crippen molar-refractivity contribution in [3.63, 3.8) is 0 Å². The Morgan fingerprint density at radius 3 is 2.17 bits per heavy atom. The van der Waals surface area contributed by atoms with Gasteiger partial charge in [0.1, 0.15) is 0 Å². The number of hydrogen-bond acceptors (Lipinski definition) is 2. The molecule has 18 heavy (non-hydrogen) atoms. The van der Waals surface area contributed by atoms with Gasteiger partial charge in [-0.1, -0.05) is 34.6 Å². The van der Waals surface area contributed by atoms with Crippen LogP contribution in [-0.2, 0) is 9.31 Å². The van der Waals surface area contributed by atoms with Crippen molar-refractivity contribution in [2.24, 2.45) is 17.3 Å². The Morgan fingerprint density at radius 2 is 1.67 bits per heavy atom. The summed E-state index contributed by atoms with van der Waals surface area (Å²) in [5, 5.41) is 0.0535. The van der Waals surface area contributed by atoms with Crippen LogP contribution in [0.5, 0.6) is 0 Å². The van der Waals surface area contributed by atoms with Gasteiger partial charge in [-0.3, -0.25) is 0 Å².